The summed E-state index contributed by atoms with van der Waals surface area (Å²) in [5.41, 5.74) is 0.578. The fraction of sp³-hybridized carbons (Fsp3) is 0.562. The summed E-state index contributed by atoms with van der Waals surface area (Å²) in [7, 11) is 1.69. The molecule has 0 radical (unpaired) electrons. The minimum Gasteiger partial charge on any atom is -0.490 e. The first-order chi connectivity index (χ1) is 9.72. The van der Waals surface area contributed by atoms with E-state index in [0.29, 0.717) is 17.9 Å². The third-order valence-electron chi connectivity index (χ3n) is 3.75. The van der Waals surface area contributed by atoms with E-state index in [9.17, 15) is 4.79 Å². The number of carbonyl (C=O) groups excluding carboxylic acids is 1. The Kier molecular flexibility index (Phi) is 5.41. The maximum atomic E-state index is 12.3. The lowest BCUT2D eigenvalue weighted by molar-refractivity contribution is 0.0756. The molecule has 0 bridgehead atoms. The standard InChI is InChI=1S/C16H23NO3/c1-17(11-12-18)16(19)14-9-5-6-10-15(14)20-13-7-3-2-4-8-13/h5-6,9-10,13,18H,2-4,7-8,11-12H2,1H3. The van der Waals surface area contributed by atoms with E-state index in [-0.39, 0.29) is 18.6 Å². The topological polar surface area (TPSA) is 49.8 Å². The van der Waals surface area contributed by atoms with Crippen molar-refractivity contribution in [3.8, 4) is 5.75 Å². The van der Waals surface area contributed by atoms with Crippen molar-refractivity contribution in [2.45, 2.75) is 38.2 Å². The molecule has 1 amide bonds. The summed E-state index contributed by atoms with van der Waals surface area (Å²) < 4.78 is 6.03. The molecule has 0 spiro atoms. The van der Waals surface area contributed by atoms with Crippen LogP contribution in [0.15, 0.2) is 24.3 Å². The summed E-state index contributed by atoms with van der Waals surface area (Å²) in [5, 5.41) is 8.94. The van der Waals surface area contributed by atoms with Gasteiger partial charge in [0.1, 0.15) is 5.75 Å². The number of carbonyl (C=O) groups is 1. The van der Waals surface area contributed by atoms with Crippen LogP contribution < -0.4 is 4.74 Å². The normalized spacial score (nSPS) is 15.9. The fourth-order valence-electron chi connectivity index (χ4n) is 2.57. The lowest BCUT2D eigenvalue weighted by Crippen LogP contribution is -2.30. The number of nitrogens with zero attached hydrogens (tertiary/aromatic N) is 1. The zero-order chi connectivity index (χ0) is 14.4. The van der Waals surface area contributed by atoms with Crippen LogP contribution in [0, 0.1) is 0 Å². The van der Waals surface area contributed by atoms with Gasteiger partial charge in [-0.1, -0.05) is 18.6 Å². The maximum Gasteiger partial charge on any atom is 0.257 e. The zero-order valence-electron chi connectivity index (χ0n) is 12.0. The van der Waals surface area contributed by atoms with Crippen LogP contribution in [0.4, 0.5) is 0 Å². The van der Waals surface area contributed by atoms with Crippen molar-refractivity contribution in [2.75, 3.05) is 20.2 Å². The third kappa shape index (κ3) is 3.73. The summed E-state index contributed by atoms with van der Waals surface area (Å²) in [6.07, 6.45) is 6.03. The number of likely N-dealkylation sites (N-methyl/N-ethyl adjacent to an activating group) is 1. The van der Waals surface area contributed by atoms with Gasteiger partial charge < -0.3 is 14.7 Å². The molecule has 4 heteroatoms. The molecule has 0 aliphatic heterocycles. The number of rotatable bonds is 5. The average Bonchev–Trinajstić information content (AvgIpc) is 2.48. The van der Waals surface area contributed by atoms with Gasteiger partial charge in [-0.3, -0.25) is 4.79 Å². The minimum absolute atomic E-state index is 0.0338. The van der Waals surface area contributed by atoms with Crippen LogP contribution in [0.25, 0.3) is 0 Å². The molecule has 0 unspecified atom stereocenters. The number of amides is 1. The molecule has 0 heterocycles. The van der Waals surface area contributed by atoms with Gasteiger partial charge >= 0.3 is 0 Å². The molecule has 1 fully saturated rings. The number of ether oxygens (including phenoxy) is 1. The van der Waals surface area contributed by atoms with Gasteiger partial charge in [0.25, 0.3) is 5.91 Å². The number of aliphatic hydroxyl groups excluding tert-OH is 1. The monoisotopic (exact) mass is 277 g/mol. The van der Waals surface area contributed by atoms with E-state index < -0.39 is 0 Å². The molecular formula is C16H23NO3. The molecule has 2 rings (SSSR count). The van der Waals surface area contributed by atoms with Crippen LogP contribution in [0.2, 0.25) is 0 Å². The predicted molar refractivity (Wildman–Crippen MR) is 78.0 cm³/mol. The first-order valence-electron chi connectivity index (χ1n) is 7.34. The molecular weight excluding hydrogens is 254 g/mol. The van der Waals surface area contributed by atoms with E-state index in [0.717, 1.165) is 12.8 Å². The molecule has 1 aromatic rings. The highest BCUT2D eigenvalue weighted by molar-refractivity contribution is 5.96. The Morgan fingerprint density at radius 3 is 2.70 bits per heavy atom. The van der Waals surface area contributed by atoms with Gasteiger partial charge in [-0.05, 0) is 37.8 Å². The van der Waals surface area contributed by atoms with Crippen molar-refractivity contribution in [1.29, 1.82) is 0 Å². The third-order valence-corrected chi connectivity index (χ3v) is 3.75. The maximum absolute atomic E-state index is 12.3. The van der Waals surface area contributed by atoms with Gasteiger partial charge in [-0.25, -0.2) is 0 Å². The van der Waals surface area contributed by atoms with Gasteiger partial charge in [-0.15, -0.1) is 0 Å². The van der Waals surface area contributed by atoms with Crippen molar-refractivity contribution in [3.05, 3.63) is 29.8 Å². The van der Waals surface area contributed by atoms with E-state index in [2.05, 4.69) is 0 Å². The number of benzene rings is 1. The summed E-state index contributed by atoms with van der Waals surface area (Å²) in [4.78, 5) is 13.8. The van der Waals surface area contributed by atoms with Gasteiger partial charge in [0.05, 0.1) is 18.3 Å². The molecule has 1 aliphatic carbocycles. The lowest BCUT2D eigenvalue weighted by atomic mass is 9.97. The second kappa shape index (κ2) is 7.29. The Morgan fingerprint density at radius 2 is 2.00 bits per heavy atom. The first-order valence-corrected chi connectivity index (χ1v) is 7.34. The van der Waals surface area contributed by atoms with Crippen LogP contribution in [0.3, 0.4) is 0 Å². The Morgan fingerprint density at radius 1 is 1.30 bits per heavy atom. The predicted octanol–water partition coefficient (Wildman–Crippen LogP) is 2.46. The molecule has 1 saturated carbocycles. The largest absolute Gasteiger partial charge is 0.490 e. The second-order valence-corrected chi connectivity index (χ2v) is 5.32. The summed E-state index contributed by atoms with van der Waals surface area (Å²) in [5.74, 6) is 0.555. The number of para-hydroxylation sites is 1. The summed E-state index contributed by atoms with van der Waals surface area (Å²) >= 11 is 0. The lowest BCUT2D eigenvalue weighted by Gasteiger charge is -2.25. The van der Waals surface area contributed by atoms with Gasteiger partial charge in [0.2, 0.25) is 0 Å². The fourth-order valence-corrected chi connectivity index (χ4v) is 2.57. The van der Waals surface area contributed by atoms with Crippen molar-refractivity contribution in [2.24, 2.45) is 0 Å². The van der Waals surface area contributed by atoms with Gasteiger partial charge in [0, 0.05) is 13.6 Å². The molecule has 4 nitrogen and oxygen atoms in total. The van der Waals surface area contributed by atoms with Crippen molar-refractivity contribution < 1.29 is 14.6 Å². The highest BCUT2D eigenvalue weighted by atomic mass is 16.5. The molecule has 1 aliphatic rings. The van der Waals surface area contributed by atoms with Crippen molar-refractivity contribution in [3.63, 3.8) is 0 Å². The van der Waals surface area contributed by atoms with Crippen LogP contribution in [-0.4, -0.2) is 42.2 Å². The number of hydrogen-bond donors (Lipinski definition) is 1. The molecule has 1 N–H and O–H groups in total. The smallest absolute Gasteiger partial charge is 0.257 e. The van der Waals surface area contributed by atoms with Gasteiger partial charge in [0.15, 0.2) is 0 Å². The number of hydrogen-bond acceptors (Lipinski definition) is 3. The summed E-state index contributed by atoms with van der Waals surface area (Å²) in [6, 6.07) is 7.37. The zero-order valence-corrected chi connectivity index (χ0v) is 12.0. The van der Waals surface area contributed by atoms with Crippen molar-refractivity contribution >= 4 is 5.91 Å². The van der Waals surface area contributed by atoms with Crippen LogP contribution in [-0.2, 0) is 0 Å². The van der Waals surface area contributed by atoms with Crippen LogP contribution in [0.1, 0.15) is 42.5 Å². The second-order valence-electron chi connectivity index (χ2n) is 5.32. The summed E-state index contributed by atoms with van der Waals surface area (Å²) in [6.45, 7) is 0.296. The molecule has 20 heavy (non-hydrogen) atoms. The highest BCUT2D eigenvalue weighted by Gasteiger charge is 2.20. The van der Waals surface area contributed by atoms with E-state index >= 15 is 0 Å². The first kappa shape index (κ1) is 14.9. The Balaban J connectivity index is 2.10. The Hall–Kier alpha value is -1.55. The van der Waals surface area contributed by atoms with Gasteiger partial charge in [-0.2, -0.15) is 0 Å². The van der Waals surface area contributed by atoms with E-state index in [4.69, 9.17) is 9.84 Å². The SMILES string of the molecule is CN(CCO)C(=O)c1ccccc1OC1CCCCC1. The number of aliphatic hydroxyl groups is 1. The average molecular weight is 277 g/mol. The van der Waals surface area contributed by atoms with E-state index in [1.165, 1.54) is 24.2 Å². The van der Waals surface area contributed by atoms with E-state index in [1.807, 2.05) is 18.2 Å². The highest BCUT2D eigenvalue weighted by Crippen LogP contribution is 2.26. The molecule has 0 atom stereocenters. The molecule has 0 saturated heterocycles. The Bertz CT molecular complexity index is 441. The molecule has 110 valence electrons. The van der Waals surface area contributed by atoms with Crippen LogP contribution in [0.5, 0.6) is 5.75 Å². The van der Waals surface area contributed by atoms with Crippen molar-refractivity contribution in [1.82, 2.24) is 4.90 Å². The molecule has 1 aromatic carbocycles. The molecule has 0 aromatic heterocycles. The Labute approximate surface area is 120 Å². The minimum atomic E-state index is -0.106. The van der Waals surface area contributed by atoms with E-state index in [1.54, 1.807) is 13.1 Å². The van der Waals surface area contributed by atoms with Crippen LogP contribution >= 0.6 is 0 Å². The quantitative estimate of drug-likeness (QED) is 0.899.